The summed E-state index contributed by atoms with van der Waals surface area (Å²) in [5.41, 5.74) is 1.15. The third-order valence-electron chi connectivity index (χ3n) is 7.63. The van der Waals surface area contributed by atoms with E-state index in [2.05, 4.69) is 33.2 Å². The lowest BCUT2D eigenvalue weighted by Crippen LogP contribution is -2.63. The van der Waals surface area contributed by atoms with Crippen molar-refractivity contribution < 1.29 is 24.0 Å². The Morgan fingerprint density at radius 2 is 1.27 bits per heavy atom. The molecule has 2 aromatic rings. The minimum absolute atomic E-state index is 0.136. The lowest BCUT2D eigenvalue weighted by molar-refractivity contribution is -0.137. The van der Waals surface area contributed by atoms with Gasteiger partial charge in [-0.25, -0.2) is 0 Å². The highest BCUT2D eigenvalue weighted by Crippen LogP contribution is 2.23. The van der Waals surface area contributed by atoms with Gasteiger partial charge in [0.2, 0.25) is 23.6 Å². The maximum atomic E-state index is 13.8. The van der Waals surface area contributed by atoms with Gasteiger partial charge in [0.05, 0.1) is 0 Å². The molecule has 1 aliphatic heterocycles. The number of Topliss-reactive ketones (excluding diaryl/α,β-unsaturated/α-hetero) is 1. The molecule has 0 saturated carbocycles. The number of ketones is 1. The summed E-state index contributed by atoms with van der Waals surface area (Å²) in [7, 11) is 0. The standard InChI is InChI=1S/C34H45N5O5/c1-8-34(6,7)39-24-17-13-12-16-23(24)27(40)19-26-31(42)37-29(21(4)5)33(44)38-28(20(2)3)32(43)36-25(30(41)35-26)18-22-14-10-9-11-15-22/h8-17,20-21,25-26,28-29,39H,1,18-19H2,2-7H3,(H,35,41)(H,36,43)(H,37,42)(H,38,44)/t25-,26+,28+,29-/m0/s1. The van der Waals surface area contributed by atoms with E-state index in [4.69, 9.17) is 0 Å². The Morgan fingerprint density at radius 3 is 1.86 bits per heavy atom. The second kappa shape index (κ2) is 14.8. The summed E-state index contributed by atoms with van der Waals surface area (Å²) >= 11 is 0. The number of amides is 4. The van der Waals surface area contributed by atoms with E-state index in [1.54, 1.807) is 58.0 Å². The number of anilines is 1. The lowest BCUT2D eigenvalue weighted by atomic mass is 9.96. The molecule has 4 atom stereocenters. The van der Waals surface area contributed by atoms with E-state index in [-0.39, 0.29) is 24.7 Å². The van der Waals surface area contributed by atoms with Crippen molar-refractivity contribution in [2.24, 2.45) is 11.8 Å². The van der Waals surface area contributed by atoms with Crippen LogP contribution in [0.1, 0.15) is 63.9 Å². The van der Waals surface area contributed by atoms with Crippen molar-refractivity contribution in [2.75, 3.05) is 5.32 Å². The fourth-order valence-corrected chi connectivity index (χ4v) is 4.90. The van der Waals surface area contributed by atoms with E-state index in [0.29, 0.717) is 11.3 Å². The van der Waals surface area contributed by atoms with E-state index >= 15 is 0 Å². The number of carbonyl (C=O) groups excluding carboxylic acids is 5. The third-order valence-corrected chi connectivity index (χ3v) is 7.63. The van der Waals surface area contributed by atoms with Crippen LogP contribution in [0.2, 0.25) is 0 Å². The van der Waals surface area contributed by atoms with Gasteiger partial charge in [0.15, 0.2) is 5.78 Å². The molecular formula is C34H45N5O5. The summed E-state index contributed by atoms with van der Waals surface area (Å²) in [6, 6.07) is 11.7. The van der Waals surface area contributed by atoms with Crippen LogP contribution in [-0.4, -0.2) is 59.1 Å². The predicted octanol–water partition coefficient (Wildman–Crippen LogP) is 3.14. The topological polar surface area (TPSA) is 146 Å². The second-order valence-electron chi connectivity index (χ2n) is 12.5. The van der Waals surface area contributed by atoms with Crippen molar-refractivity contribution >= 4 is 35.1 Å². The van der Waals surface area contributed by atoms with E-state index in [1.165, 1.54) is 0 Å². The highest BCUT2D eigenvalue weighted by atomic mass is 16.2. The van der Waals surface area contributed by atoms with Gasteiger partial charge < -0.3 is 26.6 Å². The Kier molecular flexibility index (Phi) is 11.5. The Hall–Kier alpha value is -4.47. The molecule has 0 unspecified atom stereocenters. The zero-order valence-corrected chi connectivity index (χ0v) is 26.4. The van der Waals surface area contributed by atoms with Crippen molar-refractivity contribution in [3.8, 4) is 0 Å². The zero-order chi connectivity index (χ0) is 32.6. The lowest BCUT2D eigenvalue weighted by Gasteiger charge is -2.31. The molecule has 1 aliphatic rings. The van der Waals surface area contributed by atoms with Crippen molar-refractivity contribution in [1.82, 2.24) is 21.3 Å². The molecule has 10 heteroatoms. The van der Waals surface area contributed by atoms with Crippen LogP contribution in [0, 0.1) is 11.8 Å². The Bertz CT molecular complexity index is 1370. The van der Waals surface area contributed by atoms with Crippen LogP contribution in [0.4, 0.5) is 5.69 Å². The molecule has 0 bridgehead atoms. The normalized spacial score (nSPS) is 21.7. The first-order chi connectivity index (χ1) is 20.7. The molecule has 4 amide bonds. The van der Waals surface area contributed by atoms with Crippen LogP contribution in [0.25, 0.3) is 0 Å². The van der Waals surface area contributed by atoms with Gasteiger partial charge >= 0.3 is 0 Å². The number of hydrogen-bond acceptors (Lipinski definition) is 6. The molecule has 0 aromatic heterocycles. The number of nitrogens with one attached hydrogen (secondary N) is 5. The first-order valence-electron chi connectivity index (χ1n) is 15.0. The van der Waals surface area contributed by atoms with Crippen molar-refractivity contribution in [3.63, 3.8) is 0 Å². The fraction of sp³-hybridized carbons (Fsp3) is 0.441. The van der Waals surface area contributed by atoms with Crippen LogP contribution in [-0.2, 0) is 25.6 Å². The molecule has 10 nitrogen and oxygen atoms in total. The molecule has 1 heterocycles. The van der Waals surface area contributed by atoms with Crippen molar-refractivity contribution in [3.05, 3.63) is 78.4 Å². The Balaban J connectivity index is 2.01. The Morgan fingerprint density at radius 1 is 0.773 bits per heavy atom. The summed E-state index contributed by atoms with van der Waals surface area (Å²) in [5, 5.41) is 14.3. The van der Waals surface area contributed by atoms with Gasteiger partial charge in [-0.15, -0.1) is 6.58 Å². The van der Waals surface area contributed by atoms with E-state index in [0.717, 1.165) is 5.56 Å². The molecule has 3 rings (SSSR count). The number of hydrogen-bond donors (Lipinski definition) is 5. The molecule has 0 aliphatic carbocycles. The smallest absolute Gasteiger partial charge is 0.243 e. The minimum Gasteiger partial charge on any atom is -0.376 e. The SMILES string of the molecule is C=CC(C)(C)Nc1ccccc1C(=O)C[C@H]1NC(=O)[C@H](Cc2ccccc2)NC(=O)[C@@H](C(C)C)NC(=O)[C@H](C(C)C)NC1=O. The van der Waals surface area contributed by atoms with Crippen LogP contribution >= 0.6 is 0 Å². The molecule has 1 saturated heterocycles. The van der Waals surface area contributed by atoms with Gasteiger partial charge in [0, 0.05) is 29.6 Å². The predicted molar refractivity (Wildman–Crippen MR) is 171 cm³/mol. The van der Waals surface area contributed by atoms with Crippen LogP contribution in [0.3, 0.4) is 0 Å². The summed E-state index contributed by atoms with van der Waals surface area (Å²) in [4.78, 5) is 68.1. The van der Waals surface area contributed by atoms with Gasteiger partial charge in [-0.3, -0.25) is 24.0 Å². The van der Waals surface area contributed by atoms with Crippen molar-refractivity contribution in [2.45, 2.75) is 84.1 Å². The molecule has 1 fully saturated rings. The first kappa shape index (κ1) is 34.0. The van der Waals surface area contributed by atoms with E-state index in [9.17, 15) is 24.0 Å². The zero-order valence-electron chi connectivity index (χ0n) is 26.4. The Labute approximate surface area is 259 Å². The van der Waals surface area contributed by atoms with Crippen molar-refractivity contribution in [1.29, 1.82) is 0 Å². The quantitative estimate of drug-likeness (QED) is 0.208. The van der Waals surface area contributed by atoms with Gasteiger partial charge in [0.1, 0.15) is 24.2 Å². The number of benzene rings is 2. The third kappa shape index (κ3) is 9.02. The molecule has 44 heavy (non-hydrogen) atoms. The minimum atomic E-state index is -1.32. The maximum Gasteiger partial charge on any atom is 0.243 e. The fourth-order valence-electron chi connectivity index (χ4n) is 4.90. The maximum absolute atomic E-state index is 13.8. The van der Waals surface area contributed by atoms with Gasteiger partial charge in [-0.2, -0.15) is 0 Å². The highest BCUT2D eigenvalue weighted by Gasteiger charge is 2.37. The summed E-state index contributed by atoms with van der Waals surface area (Å²) in [6.07, 6.45) is 1.48. The van der Waals surface area contributed by atoms with Gasteiger partial charge in [-0.1, -0.05) is 76.2 Å². The summed E-state index contributed by atoms with van der Waals surface area (Å²) < 4.78 is 0. The number of carbonyl (C=O) groups is 5. The van der Waals surface area contributed by atoms with E-state index in [1.807, 2.05) is 44.2 Å². The average molecular weight is 604 g/mol. The number of para-hydroxylation sites is 1. The second-order valence-corrected chi connectivity index (χ2v) is 12.5. The van der Waals surface area contributed by atoms with Gasteiger partial charge in [-0.05, 0) is 43.4 Å². The molecule has 236 valence electrons. The number of rotatable bonds is 10. The molecule has 5 N–H and O–H groups in total. The van der Waals surface area contributed by atoms with E-state index < -0.39 is 59.1 Å². The first-order valence-corrected chi connectivity index (χ1v) is 15.0. The highest BCUT2D eigenvalue weighted by molar-refractivity contribution is 6.05. The summed E-state index contributed by atoms with van der Waals surface area (Å²) in [6.45, 7) is 14.8. The van der Waals surface area contributed by atoms with Crippen LogP contribution < -0.4 is 26.6 Å². The van der Waals surface area contributed by atoms with Crippen LogP contribution in [0.15, 0.2) is 67.3 Å². The average Bonchev–Trinajstić information content (AvgIpc) is 2.97. The molecule has 0 radical (unpaired) electrons. The largest absolute Gasteiger partial charge is 0.376 e. The molecular weight excluding hydrogens is 558 g/mol. The molecule has 2 aromatic carbocycles. The van der Waals surface area contributed by atoms with Gasteiger partial charge in [0.25, 0.3) is 0 Å². The summed E-state index contributed by atoms with van der Waals surface area (Å²) in [5.74, 6) is -3.38. The van der Waals surface area contributed by atoms with Crippen LogP contribution in [0.5, 0.6) is 0 Å². The monoisotopic (exact) mass is 603 g/mol. The molecule has 0 spiro atoms.